The number of ketones is 1. The van der Waals surface area contributed by atoms with Crippen LogP contribution in [0.5, 0.6) is 0 Å². The Hall–Kier alpha value is -3.38. The van der Waals surface area contributed by atoms with Crippen LogP contribution in [0.15, 0.2) is 0 Å². The minimum absolute atomic E-state index is 0.0555. The van der Waals surface area contributed by atoms with Crippen LogP contribution in [0, 0.1) is 28.6 Å². The average molecular weight is 620 g/mol. The second-order valence-electron chi connectivity index (χ2n) is 14.8. The Kier molecular flexibility index (Phi) is 9.56. The van der Waals surface area contributed by atoms with Crippen LogP contribution >= 0.6 is 0 Å². The molecule has 4 aliphatic rings. The lowest BCUT2D eigenvalue weighted by molar-refractivity contribution is -0.145. The standard InChI is InChI=1S/C31H49N5O8/c1-29(2,3)23(34-27(41)35-31(12-8-7-9-13-31)16-44-28(42)43-6)26(40)36-15-18-20(30(18,4)5)21(36)25(39)33-19(14-17-10-11-17)22(37)24(32)38/h17-21,23H,7-16H2,1-6H3,(H2,32,38)(H,33,39)(H2,34,35,41)/t18-,19?,20-,21-,23+/m0/s1. The number of fused-ring (bicyclic) bond motifs is 1. The van der Waals surface area contributed by atoms with Crippen LogP contribution in [0.25, 0.3) is 0 Å². The maximum absolute atomic E-state index is 14.2. The third-order valence-corrected chi connectivity index (χ3v) is 10.1. The van der Waals surface area contributed by atoms with Crippen LogP contribution in [-0.2, 0) is 28.7 Å². The van der Waals surface area contributed by atoms with Gasteiger partial charge in [-0.15, -0.1) is 0 Å². The Morgan fingerprint density at radius 2 is 1.64 bits per heavy atom. The van der Waals surface area contributed by atoms with Gasteiger partial charge in [-0.25, -0.2) is 9.59 Å². The number of urea groups is 1. The highest BCUT2D eigenvalue weighted by molar-refractivity contribution is 6.37. The van der Waals surface area contributed by atoms with Crippen LogP contribution in [0.3, 0.4) is 0 Å². The van der Waals surface area contributed by atoms with Gasteiger partial charge in [0.15, 0.2) is 0 Å². The number of Topliss-reactive ketones (excluding diaryl/α,β-unsaturated/α-hetero) is 1. The zero-order valence-corrected chi connectivity index (χ0v) is 26.8. The van der Waals surface area contributed by atoms with Gasteiger partial charge < -0.3 is 36.1 Å². The van der Waals surface area contributed by atoms with Gasteiger partial charge in [0, 0.05) is 6.54 Å². The molecule has 0 radical (unpaired) electrons. The molecule has 0 aromatic heterocycles. The van der Waals surface area contributed by atoms with Gasteiger partial charge in [-0.3, -0.25) is 19.2 Å². The molecule has 5 atom stereocenters. The van der Waals surface area contributed by atoms with E-state index < -0.39 is 64.8 Å². The molecule has 5 amide bonds. The number of primary amides is 1. The Bertz CT molecular complexity index is 1170. The summed E-state index contributed by atoms with van der Waals surface area (Å²) < 4.78 is 9.83. The van der Waals surface area contributed by atoms with Gasteiger partial charge in [0.1, 0.15) is 18.7 Å². The summed E-state index contributed by atoms with van der Waals surface area (Å²) in [6, 6.07) is -3.46. The second kappa shape index (κ2) is 12.5. The van der Waals surface area contributed by atoms with Gasteiger partial charge in [-0.05, 0) is 47.8 Å². The number of nitrogens with zero attached hydrogens (tertiary/aromatic N) is 1. The van der Waals surface area contributed by atoms with E-state index >= 15 is 0 Å². The van der Waals surface area contributed by atoms with Crippen molar-refractivity contribution in [2.45, 2.75) is 110 Å². The molecule has 4 rings (SSSR count). The number of hydrogen-bond donors (Lipinski definition) is 4. The van der Waals surface area contributed by atoms with Crippen LogP contribution in [0.4, 0.5) is 9.59 Å². The highest BCUT2D eigenvalue weighted by atomic mass is 16.7. The van der Waals surface area contributed by atoms with Crippen molar-refractivity contribution in [1.82, 2.24) is 20.9 Å². The quantitative estimate of drug-likeness (QED) is 0.200. The zero-order valence-electron chi connectivity index (χ0n) is 26.8. The van der Waals surface area contributed by atoms with E-state index in [2.05, 4.69) is 20.7 Å². The zero-order chi connectivity index (χ0) is 32.6. The van der Waals surface area contributed by atoms with Gasteiger partial charge in [0.05, 0.1) is 18.7 Å². The summed E-state index contributed by atoms with van der Waals surface area (Å²) in [4.78, 5) is 79.0. The van der Waals surface area contributed by atoms with E-state index in [-0.39, 0.29) is 29.8 Å². The lowest BCUT2D eigenvalue weighted by atomic mass is 9.82. The topological polar surface area (TPSA) is 186 Å². The molecule has 5 N–H and O–H groups in total. The maximum Gasteiger partial charge on any atom is 0.508 e. The van der Waals surface area contributed by atoms with Crippen molar-refractivity contribution in [3.05, 3.63) is 0 Å². The number of amides is 5. The molecule has 0 bridgehead atoms. The predicted octanol–water partition coefficient (Wildman–Crippen LogP) is 2.01. The number of ether oxygens (including phenoxy) is 2. The van der Waals surface area contributed by atoms with Crippen LogP contribution in [0.2, 0.25) is 0 Å². The first-order valence-electron chi connectivity index (χ1n) is 15.7. The van der Waals surface area contributed by atoms with E-state index in [0.29, 0.717) is 25.8 Å². The van der Waals surface area contributed by atoms with Gasteiger partial charge in [0.2, 0.25) is 17.6 Å². The van der Waals surface area contributed by atoms with E-state index in [9.17, 15) is 28.8 Å². The van der Waals surface area contributed by atoms with Crippen molar-refractivity contribution < 1.29 is 38.2 Å². The molecule has 4 fully saturated rings. The molecule has 1 aliphatic heterocycles. The van der Waals surface area contributed by atoms with Crippen LogP contribution in [0.1, 0.15) is 86.0 Å². The summed E-state index contributed by atoms with van der Waals surface area (Å²) in [6.07, 6.45) is 5.22. The summed E-state index contributed by atoms with van der Waals surface area (Å²) in [5.41, 5.74) is 3.58. The van der Waals surface area contributed by atoms with Crippen molar-refractivity contribution in [2.75, 3.05) is 20.3 Å². The lowest BCUT2D eigenvalue weighted by Gasteiger charge is -2.40. The van der Waals surface area contributed by atoms with E-state index in [1.54, 1.807) is 0 Å². The van der Waals surface area contributed by atoms with E-state index in [1.807, 2.05) is 34.6 Å². The second-order valence-corrected chi connectivity index (χ2v) is 14.8. The number of nitrogens with two attached hydrogens (primary N) is 1. The molecule has 13 nitrogen and oxygen atoms in total. The molecule has 1 saturated heterocycles. The Morgan fingerprint density at radius 3 is 2.18 bits per heavy atom. The first-order valence-corrected chi connectivity index (χ1v) is 15.7. The first kappa shape index (κ1) is 33.5. The molecule has 1 heterocycles. The third-order valence-electron chi connectivity index (χ3n) is 10.1. The van der Waals surface area contributed by atoms with Gasteiger partial charge in [-0.2, -0.15) is 0 Å². The first-order chi connectivity index (χ1) is 20.5. The monoisotopic (exact) mass is 619 g/mol. The Balaban J connectivity index is 1.51. The normalized spacial score (nSPS) is 26.3. The summed E-state index contributed by atoms with van der Waals surface area (Å²) >= 11 is 0. The summed E-state index contributed by atoms with van der Waals surface area (Å²) in [6.45, 7) is 9.87. The van der Waals surface area contributed by atoms with Crippen molar-refractivity contribution in [2.24, 2.45) is 34.3 Å². The highest BCUT2D eigenvalue weighted by Gasteiger charge is 2.70. The molecule has 44 heavy (non-hydrogen) atoms. The molecule has 246 valence electrons. The Labute approximate surface area is 259 Å². The van der Waals surface area contributed by atoms with Crippen molar-refractivity contribution >= 4 is 35.7 Å². The van der Waals surface area contributed by atoms with Crippen molar-refractivity contribution in [3.63, 3.8) is 0 Å². The fraction of sp³-hybridized carbons (Fsp3) is 0.806. The van der Waals surface area contributed by atoms with Gasteiger partial charge in [-0.1, -0.05) is 66.7 Å². The summed E-state index contributed by atoms with van der Waals surface area (Å²) in [5, 5.41) is 8.61. The third kappa shape index (κ3) is 7.28. The van der Waals surface area contributed by atoms with Crippen molar-refractivity contribution in [1.29, 1.82) is 0 Å². The van der Waals surface area contributed by atoms with Gasteiger partial charge in [0.25, 0.3) is 5.91 Å². The number of likely N-dealkylation sites (tertiary alicyclic amines) is 1. The number of rotatable bonds is 11. The average Bonchev–Trinajstić information content (AvgIpc) is 3.80. The highest BCUT2D eigenvalue weighted by Crippen LogP contribution is 2.65. The maximum atomic E-state index is 14.2. The smallest absolute Gasteiger partial charge is 0.438 e. The number of carbonyl (C=O) groups is 6. The fourth-order valence-electron chi connectivity index (χ4n) is 7.17. The molecule has 0 aromatic rings. The van der Waals surface area contributed by atoms with Crippen LogP contribution in [-0.4, -0.2) is 84.5 Å². The molecule has 0 spiro atoms. The number of piperidine rings is 1. The minimum Gasteiger partial charge on any atom is -0.438 e. The summed E-state index contributed by atoms with van der Waals surface area (Å²) in [5.74, 6) is -2.65. The van der Waals surface area contributed by atoms with E-state index in [4.69, 9.17) is 10.5 Å². The molecular formula is C31H49N5O8. The van der Waals surface area contributed by atoms with Gasteiger partial charge >= 0.3 is 12.2 Å². The van der Waals surface area contributed by atoms with E-state index in [0.717, 1.165) is 32.1 Å². The summed E-state index contributed by atoms with van der Waals surface area (Å²) in [7, 11) is 1.22. The minimum atomic E-state index is -1.10. The molecule has 1 unspecified atom stereocenters. The molecular weight excluding hydrogens is 570 g/mol. The number of nitrogens with one attached hydrogen (secondary N) is 3. The molecule has 3 saturated carbocycles. The fourth-order valence-corrected chi connectivity index (χ4v) is 7.17. The number of carbonyl (C=O) groups excluding carboxylic acids is 6. The van der Waals surface area contributed by atoms with Crippen LogP contribution < -0.4 is 21.7 Å². The number of hydrogen-bond acceptors (Lipinski definition) is 8. The lowest BCUT2D eigenvalue weighted by Crippen LogP contribution is -2.63. The van der Waals surface area contributed by atoms with Crippen molar-refractivity contribution in [3.8, 4) is 0 Å². The van der Waals surface area contributed by atoms with E-state index in [1.165, 1.54) is 12.0 Å². The molecule has 0 aromatic carbocycles. The number of methoxy groups -OCH3 is 1. The SMILES string of the molecule is COC(=O)OCC1(NC(=O)N[C@H](C(=O)N2C[C@H]3[C@@H]([C@H]2C(=O)NC(CC2CC2)C(=O)C(N)=O)C3(C)C)C(C)(C)C)CCCCC1. The largest absolute Gasteiger partial charge is 0.508 e. The predicted molar refractivity (Wildman–Crippen MR) is 159 cm³/mol. The Morgan fingerprint density at radius 1 is 1.00 bits per heavy atom. The molecule has 3 aliphatic carbocycles. The molecule has 13 heteroatoms.